The minimum atomic E-state index is -0.517. The molecule has 94 valence electrons. The molecule has 1 saturated carbocycles. The first-order chi connectivity index (χ1) is 8.18. The standard InChI is InChI=1S/C15H22O2/c1-12-7-6-10-15(11-12,17-2)14(16)13-8-4-3-5-9-13/h3-5,8-9,12,14,16H,6-7,10-11H2,1-2H3. The molecule has 1 aromatic carbocycles. The largest absolute Gasteiger partial charge is 0.385 e. The van der Waals surface area contributed by atoms with Gasteiger partial charge in [-0.05, 0) is 24.3 Å². The highest BCUT2D eigenvalue weighted by atomic mass is 16.5. The minimum absolute atomic E-state index is 0.390. The van der Waals surface area contributed by atoms with Gasteiger partial charge in [0.1, 0.15) is 6.10 Å². The summed E-state index contributed by atoms with van der Waals surface area (Å²) >= 11 is 0. The van der Waals surface area contributed by atoms with Crippen molar-refractivity contribution in [2.75, 3.05) is 7.11 Å². The van der Waals surface area contributed by atoms with Crippen LogP contribution in [-0.4, -0.2) is 17.8 Å². The van der Waals surface area contributed by atoms with Crippen LogP contribution in [-0.2, 0) is 4.74 Å². The van der Waals surface area contributed by atoms with E-state index in [4.69, 9.17) is 4.74 Å². The fourth-order valence-corrected chi connectivity index (χ4v) is 3.03. The highest BCUT2D eigenvalue weighted by molar-refractivity contribution is 5.21. The van der Waals surface area contributed by atoms with Crippen LogP contribution in [0.15, 0.2) is 30.3 Å². The van der Waals surface area contributed by atoms with Crippen LogP contribution in [0.4, 0.5) is 0 Å². The Bertz CT molecular complexity index is 349. The predicted molar refractivity (Wildman–Crippen MR) is 68.8 cm³/mol. The summed E-state index contributed by atoms with van der Waals surface area (Å²) in [6.45, 7) is 2.24. The lowest BCUT2D eigenvalue weighted by Crippen LogP contribution is -2.42. The van der Waals surface area contributed by atoms with Crippen LogP contribution in [0.25, 0.3) is 0 Å². The number of ether oxygens (including phenoxy) is 1. The van der Waals surface area contributed by atoms with Gasteiger partial charge in [-0.3, -0.25) is 0 Å². The van der Waals surface area contributed by atoms with Gasteiger partial charge in [0.2, 0.25) is 0 Å². The van der Waals surface area contributed by atoms with Crippen LogP contribution in [0.2, 0.25) is 0 Å². The lowest BCUT2D eigenvalue weighted by Gasteiger charge is -2.42. The van der Waals surface area contributed by atoms with Gasteiger partial charge in [0.25, 0.3) is 0 Å². The Kier molecular flexibility index (Phi) is 3.85. The molecule has 1 aromatic rings. The lowest BCUT2D eigenvalue weighted by atomic mass is 9.74. The van der Waals surface area contributed by atoms with E-state index in [0.717, 1.165) is 24.8 Å². The number of benzene rings is 1. The molecule has 1 fully saturated rings. The van der Waals surface area contributed by atoms with Crippen LogP contribution in [0.5, 0.6) is 0 Å². The average Bonchev–Trinajstić information content (AvgIpc) is 2.38. The Balaban J connectivity index is 2.23. The van der Waals surface area contributed by atoms with E-state index >= 15 is 0 Å². The van der Waals surface area contributed by atoms with Gasteiger partial charge >= 0.3 is 0 Å². The molecule has 2 heteroatoms. The monoisotopic (exact) mass is 234 g/mol. The van der Waals surface area contributed by atoms with Crippen molar-refractivity contribution in [3.63, 3.8) is 0 Å². The Morgan fingerprint density at radius 3 is 2.65 bits per heavy atom. The van der Waals surface area contributed by atoms with E-state index in [1.807, 2.05) is 30.3 Å². The van der Waals surface area contributed by atoms with Crippen molar-refractivity contribution >= 4 is 0 Å². The SMILES string of the molecule is COC1(C(O)c2ccccc2)CCCC(C)C1. The maximum absolute atomic E-state index is 10.6. The first kappa shape index (κ1) is 12.6. The van der Waals surface area contributed by atoms with Gasteiger partial charge in [-0.2, -0.15) is 0 Å². The molecule has 0 aromatic heterocycles. The van der Waals surface area contributed by atoms with Crippen molar-refractivity contribution in [3.8, 4) is 0 Å². The molecular formula is C15H22O2. The number of methoxy groups -OCH3 is 1. The molecule has 0 amide bonds. The van der Waals surface area contributed by atoms with Crippen LogP contribution in [0, 0.1) is 5.92 Å². The number of hydrogen-bond acceptors (Lipinski definition) is 2. The van der Waals surface area contributed by atoms with Crippen molar-refractivity contribution in [2.24, 2.45) is 5.92 Å². The maximum Gasteiger partial charge on any atom is 0.108 e. The van der Waals surface area contributed by atoms with E-state index < -0.39 is 6.10 Å². The molecule has 0 bridgehead atoms. The summed E-state index contributed by atoms with van der Waals surface area (Å²) in [4.78, 5) is 0. The first-order valence-electron chi connectivity index (χ1n) is 6.46. The fraction of sp³-hybridized carbons (Fsp3) is 0.600. The normalized spacial score (nSPS) is 31.1. The molecule has 2 rings (SSSR count). The Morgan fingerprint density at radius 2 is 2.06 bits per heavy atom. The van der Waals surface area contributed by atoms with E-state index in [9.17, 15) is 5.11 Å². The third-order valence-electron chi connectivity index (χ3n) is 4.01. The number of aliphatic hydroxyl groups is 1. The molecule has 17 heavy (non-hydrogen) atoms. The van der Waals surface area contributed by atoms with Crippen molar-refractivity contribution in [1.29, 1.82) is 0 Å². The highest BCUT2D eigenvalue weighted by Crippen LogP contribution is 2.43. The molecule has 1 N–H and O–H groups in total. The summed E-state index contributed by atoms with van der Waals surface area (Å²) in [6, 6.07) is 9.86. The molecule has 0 heterocycles. The van der Waals surface area contributed by atoms with Gasteiger partial charge in [0.05, 0.1) is 5.60 Å². The molecule has 3 atom stereocenters. The Morgan fingerprint density at radius 1 is 1.35 bits per heavy atom. The molecule has 0 saturated heterocycles. The van der Waals surface area contributed by atoms with E-state index in [0.29, 0.717) is 5.92 Å². The third kappa shape index (κ3) is 2.53. The summed E-state index contributed by atoms with van der Waals surface area (Å²) in [5.74, 6) is 0.627. The second kappa shape index (κ2) is 5.19. The van der Waals surface area contributed by atoms with Gasteiger partial charge in [-0.15, -0.1) is 0 Å². The van der Waals surface area contributed by atoms with Crippen LogP contribution in [0.3, 0.4) is 0 Å². The summed E-state index contributed by atoms with van der Waals surface area (Å²) in [7, 11) is 1.73. The van der Waals surface area contributed by atoms with Crippen molar-refractivity contribution in [3.05, 3.63) is 35.9 Å². The molecule has 0 radical (unpaired) electrons. The molecule has 1 aliphatic carbocycles. The van der Waals surface area contributed by atoms with Gasteiger partial charge in [0.15, 0.2) is 0 Å². The van der Waals surface area contributed by atoms with Crippen LogP contribution in [0.1, 0.15) is 44.3 Å². The zero-order chi connectivity index (χ0) is 12.3. The maximum atomic E-state index is 10.6. The second-order valence-electron chi connectivity index (χ2n) is 5.28. The Hall–Kier alpha value is -0.860. The average molecular weight is 234 g/mol. The summed E-state index contributed by atoms with van der Waals surface area (Å²) in [5.41, 5.74) is 0.572. The second-order valence-corrected chi connectivity index (χ2v) is 5.28. The van der Waals surface area contributed by atoms with E-state index in [-0.39, 0.29) is 5.60 Å². The quantitative estimate of drug-likeness (QED) is 0.869. The summed E-state index contributed by atoms with van der Waals surface area (Å²) in [5, 5.41) is 10.6. The summed E-state index contributed by atoms with van der Waals surface area (Å²) in [6.07, 6.45) is 3.76. The highest BCUT2D eigenvalue weighted by Gasteiger charge is 2.42. The van der Waals surface area contributed by atoms with Crippen molar-refractivity contribution in [1.82, 2.24) is 0 Å². The van der Waals surface area contributed by atoms with Crippen molar-refractivity contribution in [2.45, 2.75) is 44.3 Å². The van der Waals surface area contributed by atoms with Crippen LogP contribution >= 0.6 is 0 Å². The number of hydrogen-bond donors (Lipinski definition) is 1. The molecule has 2 nitrogen and oxygen atoms in total. The smallest absolute Gasteiger partial charge is 0.108 e. The predicted octanol–water partition coefficient (Wildman–Crippen LogP) is 3.32. The number of rotatable bonds is 3. The zero-order valence-electron chi connectivity index (χ0n) is 10.7. The molecule has 0 spiro atoms. The van der Waals surface area contributed by atoms with Crippen LogP contribution < -0.4 is 0 Å². The summed E-state index contributed by atoms with van der Waals surface area (Å²) < 4.78 is 5.72. The molecule has 3 unspecified atom stereocenters. The Labute approximate surface area is 104 Å². The van der Waals surface area contributed by atoms with Gasteiger partial charge in [0, 0.05) is 7.11 Å². The minimum Gasteiger partial charge on any atom is -0.385 e. The first-order valence-corrected chi connectivity index (χ1v) is 6.46. The van der Waals surface area contributed by atoms with Gasteiger partial charge in [-0.1, -0.05) is 50.1 Å². The van der Waals surface area contributed by atoms with Crippen molar-refractivity contribution < 1.29 is 9.84 Å². The van der Waals surface area contributed by atoms with E-state index in [1.54, 1.807) is 7.11 Å². The zero-order valence-corrected chi connectivity index (χ0v) is 10.7. The molecule has 1 aliphatic rings. The van der Waals surface area contributed by atoms with E-state index in [2.05, 4.69) is 6.92 Å². The van der Waals surface area contributed by atoms with E-state index in [1.165, 1.54) is 6.42 Å². The topological polar surface area (TPSA) is 29.5 Å². The van der Waals surface area contributed by atoms with Gasteiger partial charge in [-0.25, -0.2) is 0 Å². The number of aliphatic hydroxyl groups excluding tert-OH is 1. The fourth-order valence-electron chi connectivity index (χ4n) is 3.03. The van der Waals surface area contributed by atoms with Gasteiger partial charge < -0.3 is 9.84 Å². The third-order valence-corrected chi connectivity index (χ3v) is 4.01. The lowest BCUT2D eigenvalue weighted by molar-refractivity contribution is -0.134. The molecule has 0 aliphatic heterocycles. The molecular weight excluding hydrogens is 212 g/mol.